The predicted octanol–water partition coefficient (Wildman–Crippen LogP) is 4.02. The van der Waals surface area contributed by atoms with Crippen LogP contribution in [-0.2, 0) is 11.3 Å². The van der Waals surface area contributed by atoms with Crippen LogP contribution < -0.4 is 4.74 Å². The second-order valence-electron chi connectivity index (χ2n) is 6.49. The first-order chi connectivity index (χ1) is 13.1. The molecule has 1 aliphatic rings. The number of likely N-dealkylation sites (tertiary alicyclic amines) is 1. The molecule has 6 nitrogen and oxygen atoms in total. The Morgan fingerprint density at radius 1 is 1.19 bits per heavy atom. The molecular weight excluding hydrogens is 410 g/mol. The van der Waals surface area contributed by atoms with Gasteiger partial charge in [0.05, 0.1) is 13.0 Å². The number of carbonyl (C=O) groups excluding carboxylic acids is 1. The zero-order valence-corrected chi connectivity index (χ0v) is 16.3. The zero-order valence-electron chi connectivity index (χ0n) is 14.8. The molecule has 7 heteroatoms. The molecule has 1 atom stereocenters. The van der Waals surface area contributed by atoms with Gasteiger partial charge in [0.2, 0.25) is 17.6 Å². The number of nitrogens with zero attached hydrogens (tertiary/aromatic N) is 3. The Morgan fingerprint density at radius 3 is 2.63 bits per heavy atom. The molecule has 1 aromatic heterocycles. The van der Waals surface area contributed by atoms with Crippen molar-refractivity contribution in [3.05, 3.63) is 64.5 Å². The van der Waals surface area contributed by atoms with E-state index in [0.717, 1.165) is 21.3 Å². The minimum Gasteiger partial charge on any atom is -0.497 e. The van der Waals surface area contributed by atoms with Gasteiger partial charge in [0.15, 0.2) is 0 Å². The number of hydrogen-bond acceptors (Lipinski definition) is 5. The number of amides is 1. The van der Waals surface area contributed by atoms with Crippen LogP contribution in [0.25, 0.3) is 11.4 Å². The fraction of sp³-hybridized carbons (Fsp3) is 0.250. The van der Waals surface area contributed by atoms with Crippen LogP contribution in [0, 0.1) is 0 Å². The molecule has 1 amide bonds. The van der Waals surface area contributed by atoms with Gasteiger partial charge < -0.3 is 14.2 Å². The van der Waals surface area contributed by atoms with Crippen molar-refractivity contribution < 1.29 is 14.1 Å². The van der Waals surface area contributed by atoms with Crippen LogP contribution in [0.15, 0.2) is 57.5 Å². The first-order valence-corrected chi connectivity index (χ1v) is 9.42. The van der Waals surface area contributed by atoms with E-state index in [9.17, 15) is 4.79 Å². The molecule has 0 radical (unpaired) electrons. The summed E-state index contributed by atoms with van der Waals surface area (Å²) >= 11 is 3.41. The van der Waals surface area contributed by atoms with Crippen LogP contribution in [-0.4, -0.2) is 34.6 Å². The van der Waals surface area contributed by atoms with E-state index in [1.54, 1.807) is 7.11 Å². The number of benzene rings is 2. The fourth-order valence-corrected chi connectivity index (χ4v) is 3.42. The topological polar surface area (TPSA) is 68.5 Å². The van der Waals surface area contributed by atoms with Crippen molar-refractivity contribution in [2.75, 3.05) is 13.7 Å². The summed E-state index contributed by atoms with van der Waals surface area (Å²) in [6.45, 7) is 1.14. The normalized spacial score (nSPS) is 16.7. The Morgan fingerprint density at radius 2 is 1.93 bits per heavy atom. The van der Waals surface area contributed by atoms with Crippen molar-refractivity contribution in [3.8, 4) is 17.1 Å². The van der Waals surface area contributed by atoms with E-state index in [-0.39, 0.29) is 11.8 Å². The number of halogens is 1. The maximum atomic E-state index is 12.4. The number of carbonyl (C=O) groups is 1. The van der Waals surface area contributed by atoms with Gasteiger partial charge in [-0.3, -0.25) is 4.79 Å². The average molecular weight is 428 g/mol. The highest BCUT2D eigenvalue weighted by Crippen LogP contribution is 2.30. The van der Waals surface area contributed by atoms with Crippen molar-refractivity contribution in [2.24, 2.45) is 0 Å². The Bertz CT molecular complexity index is 938. The molecular formula is C20H18BrN3O3. The zero-order chi connectivity index (χ0) is 18.8. The molecule has 2 heterocycles. The Kier molecular flexibility index (Phi) is 4.94. The maximum absolute atomic E-state index is 12.4. The molecule has 0 saturated carbocycles. The van der Waals surface area contributed by atoms with Crippen LogP contribution in [0.4, 0.5) is 0 Å². The molecule has 0 N–H and O–H groups in total. The fourth-order valence-electron chi connectivity index (χ4n) is 3.16. The molecule has 0 bridgehead atoms. The number of methoxy groups -OCH3 is 1. The van der Waals surface area contributed by atoms with E-state index in [4.69, 9.17) is 9.26 Å². The largest absolute Gasteiger partial charge is 0.497 e. The van der Waals surface area contributed by atoms with E-state index in [1.165, 1.54) is 0 Å². The summed E-state index contributed by atoms with van der Waals surface area (Å²) < 4.78 is 11.6. The summed E-state index contributed by atoms with van der Waals surface area (Å²) in [6.07, 6.45) is 0.387. The lowest BCUT2D eigenvalue weighted by Crippen LogP contribution is -2.24. The highest BCUT2D eigenvalue weighted by atomic mass is 79.9. The second kappa shape index (κ2) is 7.52. The van der Waals surface area contributed by atoms with Crippen LogP contribution in [0.2, 0.25) is 0 Å². The van der Waals surface area contributed by atoms with Crippen molar-refractivity contribution in [1.82, 2.24) is 15.0 Å². The minimum atomic E-state index is -0.0764. The summed E-state index contributed by atoms with van der Waals surface area (Å²) in [4.78, 5) is 18.7. The van der Waals surface area contributed by atoms with Crippen molar-refractivity contribution in [1.29, 1.82) is 0 Å². The van der Waals surface area contributed by atoms with Crippen molar-refractivity contribution in [3.63, 3.8) is 0 Å². The molecule has 138 valence electrons. The quantitative estimate of drug-likeness (QED) is 0.614. The van der Waals surface area contributed by atoms with Crippen molar-refractivity contribution >= 4 is 21.8 Å². The van der Waals surface area contributed by atoms with Crippen LogP contribution in [0.3, 0.4) is 0 Å². The van der Waals surface area contributed by atoms with Gasteiger partial charge in [0.25, 0.3) is 0 Å². The van der Waals surface area contributed by atoms with Gasteiger partial charge in [0, 0.05) is 29.5 Å². The van der Waals surface area contributed by atoms with Gasteiger partial charge in [-0.2, -0.15) is 4.98 Å². The standard InChI is InChI=1S/C20H18BrN3O3/c1-26-17-8-2-13(3-9-17)11-24-12-15(10-18(24)25)20-22-19(23-27-20)14-4-6-16(21)7-5-14/h2-9,15H,10-12H2,1H3. The Balaban J connectivity index is 1.45. The molecule has 1 fully saturated rings. The lowest BCUT2D eigenvalue weighted by molar-refractivity contribution is -0.128. The highest BCUT2D eigenvalue weighted by molar-refractivity contribution is 9.10. The number of aromatic nitrogens is 2. The van der Waals surface area contributed by atoms with Crippen molar-refractivity contribution in [2.45, 2.75) is 18.9 Å². The Labute approximate surface area is 165 Å². The molecule has 0 spiro atoms. The van der Waals surface area contributed by atoms with Gasteiger partial charge in [-0.05, 0) is 42.0 Å². The van der Waals surface area contributed by atoms with Crippen LogP contribution in [0.1, 0.15) is 23.8 Å². The number of rotatable bonds is 5. The molecule has 1 saturated heterocycles. The summed E-state index contributed by atoms with van der Waals surface area (Å²) in [5, 5.41) is 4.07. The molecule has 2 aromatic carbocycles. The first kappa shape index (κ1) is 17.7. The van der Waals surface area contributed by atoms with Gasteiger partial charge in [0.1, 0.15) is 5.75 Å². The Hall–Kier alpha value is -2.67. The molecule has 4 rings (SSSR count). The third kappa shape index (κ3) is 3.88. The van der Waals surface area contributed by atoms with E-state index < -0.39 is 0 Å². The molecule has 3 aromatic rings. The third-order valence-electron chi connectivity index (χ3n) is 4.64. The smallest absolute Gasteiger partial charge is 0.232 e. The number of ether oxygens (including phenoxy) is 1. The number of hydrogen-bond donors (Lipinski definition) is 0. The van der Waals surface area contributed by atoms with E-state index in [0.29, 0.717) is 31.2 Å². The first-order valence-electron chi connectivity index (χ1n) is 8.62. The van der Waals surface area contributed by atoms with Gasteiger partial charge >= 0.3 is 0 Å². The predicted molar refractivity (Wildman–Crippen MR) is 103 cm³/mol. The molecule has 0 aliphatic carbocycles. The average Bonchev–Trinajstić information content (AvgIpc) is 3.30. The van der Waals surface area contributed by atoms with Gasteiger partial charge in [-0.1, -0.05) is 33.2 Å². The third-order valence-corrected chi connectivity index (χ3v) is 5.17. The van der Waals surface area contributed by atoms with Crippen LogP contribution >= 0.6 is 15.9 Å². The van der Waals surface area contributed by atoms with Gasteiger partial charge in [-0.25, -0.2) is 0 Å². The van der Waals surface area contributed by atoms with Gasteiger partial charge in [-0.15, -0.1) is 0 Å². The maximum Gasteiger partial charge on any atom is 0.232 e. The van der Waals surface area contributed by atoms with Crippen LogP contribution in [0.5, 0.6) is 5.75 Å². The SMILES string of the molecule is COc1ccc(CN2CC(c3nc(-c4ccc(Br)cc4)no3)CC2=O)cc1. The van der Waals surface area contributed by atoms with E-state index in [1.807, 2.05) is 53.4 Å². The molecule has 1 aliphatic heterocycles. The second-order valence-corrected chi connectivity index (χ2v) is 7.40. The summed E-state index contributed by atoms with van der Waals surface area (Å²) in [6, 6.07) is 15.5. The molecule has 27 heavy (non-hydrogen) atoms. The van der Waals surface area contributed by atoms with E-state index in [2.05, 4.69) is 26.1 Å². The minimum absolute atomic E-state index is 0.0764. The lowest BCUT2D eigenvalue weighted by atomic mass is 10.1. The summed E-state index contributed by atoms with van der Waals surface area (Å²) in [5.74, 6) is 1.87. The summed E-state index contributed by atoms with van der Waals surface area (Å²) in [5.41, 5.74) is 1.94. The highest BCUT2D eigenvalue weighted by Gasteiger charge is 2.34. The molecule has 1 unspecified atom stereocenters. The monoisotopic (exact) mass is 427 g/mol. The van der Waals surface area contributed by atoms with E-state index >= 15 is 0 Å². The lowest BCUT2D eigenvalue weighted by Gasteiger charge is -2.16. The summed E-state index contributed by atoms with van der Waals surface area (Å²) in [7, 11) is 1.64.